The fourth-order valence-electron chi connectivity index (χ4n) is 9.68. The molecule has 6 aromatic rings. The minimum Gasteiger partial charge on any atom is -0.453 e. The van der Waals surface area contributed by atoms with E-state index in [1.165, 1.54) is 7.11 Å². The first-order chi connectivity index (χ1) is 30.3. The molecule has 4 fully saturated rings. The van der Waals surface area contributed by atoms with Crippen LogP contribution in [-0.2, 0) is 25.6 Å². The molecular formula is C49H51N7O6. The summed E-state index contributed by atoms with van der Waals surface area (Å²) >= 11 is 0. The SMILES string of the molecule is COC(=O)N[C@H](C(=O)N1CC2(CC2)C[C@H]1c1ncc(-c2ccc(-c3ccc4cc(-c5cnc([C@@H]6CCCN6C(=O)OCc6ccccc6)[nH]5)ccc4c3)cc2)[nH]1)C1CCOCC1. The highest BCUT2D eigenvalue weighted by Gasteiger charge is 2.55. The van der Waals surface area contributed by atoms with Crippen LogP contribution in [0.4, 0.5) is 9.59 Å². The Morgan fingerprint density at radius 3 is 2.15 bits per heavy atom. The van der Waals surface area contributed by atoms with E-state index in [1.54, 1.807) is 4.90 Å². The third kappa shape index (κ3) is 8.04. The van der Waals surface area contributed by atoms with E-state index in [-0.39, 0.29) is 42.0 Å². The number of H-pyrrole nitrogens is 2. The monoisotopic (exact) mass is 833 g/mol. The summed E-state index contributed by atoms with van der Waals surface area (Å²) in [4.78, 5) is 60.1. The van der Waals surface area contributed by atoms with Crippen molar-refractivity contribution in [2.45, 2.75) is 69.7 Å². The van der Waals surface area contributed by atoms with E-state index in [1.807, 2.05) is 47.6 Å². The molecule has 1 saturated carbocycles. The van der Waals surface area contributed by atoms with Crippen LogP contribution < -0.4 is 5.32 Å². The number of alkyl carbamates (subject to hydrolysis) is 1. The molecule has 13 heteroatoms. The van der Waals surface area contributed by atoms with Gasteiger partial charge in [0.05, 0.1) is 43.0 Å². The molecule has 3 saturated heterocycles. The number of aromatic nitrogens is 4. The number of nitrogens with one attached hydrogen (secondary N) is 3. The molecule has 62 heavy (non-hydrogen) atoms. The lowest BCUT2D eigenvalue weighted by Crippen LogP contribution is -2.53. The zero-order chi connectivity index (χ0) is 42.2. The van der Waals surface area contributed by atoms with Crippen LogP contribution in [0, 0.1) is 11.3 Å². The quantitative estimate of drug-likeness (QED) is 0.124. The number of hydrogen-bond donors (Lipinski definition) is 3. The molecule has 1 aliphatic carbocycles. The average molecular weight is 834 g/mol. The van der Waals surface area contributed by atoms with E-state index >= 15 is 0 Å². The number of imidazole rings is 2. The Bertz CT molecular complexity index is 2580. The van der Waals surface area contributed by atoms with Gasteiger partial charge in [0.1, 0.15) is 24.3 Å². The number of carbonyl (C=O) groups excluding carboxylic acids is 3. The van der Waals surface area contributed by atoms with Gasteiger partial charge in [0, 0.05) is 31.9 Å². The lowest BCUT2D eigenvalue weighted by Gasteiger charge is -2.34. The molecule has 0 bridgehead atoms. The minimum atomic E-state index is -0.675. The fourth-order valence-corrected chi connectivity index (χ4v) is 9.68. The van der Waals surface area contributed by atoms with Gasteiger partial charge in [-0.15, -0.1) is 0 Å². The van der Waals surface area contributed by atoms with E-state index in [0.29, 0.717) is 39.1 Å². The molecule has 5 heterocycles. The van der Waals surface area contributed by atoms with Crippen LogP contribution in [0.15, 0.2) is 103 Å². The Balaban J connectivity index is 0.811. The first-order valence-corrected chi connectivity index (χ1v) is 21.8. The Hall–Kier alpha value is -6.47. The van der Waals surface area contributed by atoms with Crippen LogP contribution >= 0.6 is 0 Å². The number of aromatic amines is 2. The lowest BCUT2D eigenvalue weighted by molar-refractivity contribution is -0.137. The van der Waals surface area contributed by atoms with Crippen molar-refractivity contribution in [3.8, 4) is 33.6 Å². The molecule has 0 radical (unpaired) electrons. The van der Waals surface area contributed by atoms with E-state index < -0.39 is 12.1 Å². The predicted molar refractivity (Wildman–Crippen MR) is 233 cm³/mol. The van der Waals surface area contributed by atoms with Gasteiger partial charge in [-0.3, -0.25) is 9.69 Å². The normalized spacial score (nSPS) is 20.1. The zero-order valence-electron chi connectivity index (χ0n) is 34.8. The molecule has 3 N–H and O–H groups in total. The molecule has 0 unspecified atom stereocenters. The summed E-state index contributed by atoms with van der Waals surface area (Å²) in [5.74, 6) is 1.44. The second-order valence-electron chi connectivity index (χ2n) is 17.4. The summed E-state index contributed by atoms with van der Waals surface area (Å²) in [6.45, 7) is 2.68. The van der Waals surface area contributed by atoms with Crippen molar-refractivity contribution in [1.82, 2.24) is 35.1 Å². The molecule has 13 nitrogen and oxygen atoms in total. The molecular weight excluding hydrogens is 783 g/mol. The molecule has 3 amide bonds. The minimum absolute atomic E-state index is 0.0197. The van der Waals surface area contributed by atoms with Crippen LogP contribution in [0.2, 0.25) is 0 Å². The highest BCUT2D eigenvalue weighted by molar-refractivity contribution is 5.91. The van der Waals surface area contributed by atoms with Gasteiger partial charge < -0.3 is 34.4 Å². The van der Waals surface area contributed by atoms with Gasteiger partial charge in [0.15, 0.2) is 0 Å². The van der Waals surface area contributed by atoms with Crippen LogP contribution in [-0.4, -0.2) is 87.3 Å². The molecule has 3 aliphatic heterocycles. The van der Waals surface area contributed by atoms with Crippen molar-refractivity contribution >= 4 is 28.9 Å². The standard InChI is InChI=1S/C49H51N7O6/c1-60-47(58)54-43(34-17-22-61-23-18-34)46(57)56-30-49(19-20-49)26-42(56)45-51-27-39(52-45)33-11-9-32(10-12-33)35-13-14-37-25-38(16-15-36(37)24-35)40-28-50-44(53-40)41-8-5-21-55(41)48(59)62-29-31-6-3-2-4-7-31/h2-4,6-7,9-16,24-25,27-28,34,41-43H,5,8,17-23,26,29-30H2,1H3,(H,50,53)(H,51,52)(H,54,58)/t41-,42-,43-/m0/s1. The molecule has 10 rings (SSSR count). The smallest absolute Gasteiger partial charge is 0.410 e. The van der Waals surface area contributed by atoms with Gasteiger partial charge in [-0.05, 0) is 101 Å². The summed E-state index contributed by atoms with van der Waals surface area (Å²) in [6.07, 6.45) is 8.96. The molecule has 318 valence electrons. The van der Waals surface area contributed by atoms with Crippen LogP contribution in [0.5, 0.6) is 0 Å². The van der Waals surface area contributed by atoms with Crippen molar-refractivity contribution in [1.29, 1.82) is 0 Å². The maximum Gasteiger partial charge on any atom is 0.410 e. The van der Waals surface area contributed by atoms with Crippen molar-refractivity contribution in [2.75, 3.05) is 33.4 Å². The molecule has 4 aromatic carbocycles. The van der Waals surface area contributed by atoms with Crippen molar-refractivity contribution in [3.05, 3.63) is 121 Å². The number of benzene rings is 4. The maximum absolute atomic E-state index is 14.3. The topological polar surface area (TPSA) is 155 Å². The van der Waals surface area contributed by atoms with E-state index in [0.717, 1.165) is 93.7 Å². The van der Waals surface area contributed by atoms with Crippen molar-refractivity contribution in [3.63, 3.8) is 0 Å². The first kappa shape index (κ1) is 39.7. The molecule has 4 aliphatic rings. The lowest BCUT2D eigenvalue weighted by atomic mass is 9.90. The van der Waals surface area contributed by atoms with Gasteiger partial charge in [-0.25, -0.2) is 19.6 Å². The molecule has 3 atom stereocenters. The summed E-state index contributed by atoms with van der Waals surface area (Å²) < 4.78 is 16.1. The van der Waals surface area contributed by atoms with Gasteiger partial charge in [-0.2, -0.15) is 0 Å². The second kappa shape index (κ2) is 16.8. The highest BCUT2D eigenvalue weighted by Crippen LogP contribution is 2.58. The van der Waals surface area contributed by atoms with Crippen LogP contribution in [0.3, 0.4) is 0 Å². The summed E-state index contributed by atoms with van der Waals surface area (Å²) in [5.41, 5.74) is 7.11. The third-order valence-electron chi connectivity index (χ3n) is 13.4. The predicted octanol–water partition coefficient (Wildman–Crippen LogP) is 8.97. The van der Waals surface area contributed by atoms with Gasteiger partial charge in [0.25, 0.3) is 0 Å². The van der Waals surface area contributed by atoms with Gasteiger partial charge in [0.2, 0.25) is 5.91 Å². The number of amides is 3. The van der Waals surface area contributed by atoms with Crippen LogP contribution in [0.25, 0.3) is 44.4 Å². The summed E-state index contributed by atoms with van der Waals surface area (Å²) in [5, 5.41) is 5.11. The number of likely N-dealkylation sites (tertiary alicyclic amines) is 2. The number of methoxy groups -OCH3 is 1. The maximum atomic E-state index is 14.3. The number of hydrogen-bond acceptors (Lipinski definition) is 8. The highest BCUT2D eigenvalue weighted by atomic mass is 16.6. The molecule has 2 aromatic heterocycles. The fraction of sp³-hybridized carbons (Fsp3) is 0.367. The average Bonchev–Trinajstić information content (AvgIpc) is 3.86. The van der Waals surface area contributed by atoms with E-state index in [4.69, 9.17) is 24.2 Å². The van der Waals surface area contributed by atoms with E-state index in [9.17, 15) is 14.4 Å². The first-order valence-electron chi connectivity index (χ1n) is 21.8. The largest absolute Gasteiger partial charge is 0.453 e. The summed E-state index contributed by atoms with van der Waals surface area (Å²) in [7, 11) is 1.33. The number of nitrogens with zero attached hydrogens (tertiary/aromatic N) is 4. The van der Waals surface area contributed by atoms with Crippen molar-refractivity contribution < 1.29 is 28.6 Å². The third-order valence-corrected chi connectivity index (χ3v) is 13.4. The zero-order valence-corrected chi connectivity index (χ0v) is 34.8. The van der Waals surface area contributed by atoms with E-state index in [2.05, 4.69) is 75.9 Å². The number of ether oxygens (including phenoxy) is 3. The van der Waals surface area contributed by atoms with Crippen LogP contribution in [0.1, 0.15) is 74.2 Å². The summed E-state index contributed by atoms with van der Waals surface area (Å²) in [6, 6.07) is 30.1. The Morgan fingerprint density at radius 2 is 1.44 bits per heavy atom. The second-order valence-corrected chi connectivity index (χ2v) is 17.4. The Labute approximate surface area is 360 Å². The molecule has 1 spiro atoms. The van der Waals surface area contributed by atoms with Gasteiger partial charge >= 0.3 is 12.2 Å². The number of rotatable bonds is 10. The number of carbonyl (C=O) groups is 3. The Kier molecular flexibility index (Phi) is 10.7. The van der Waals surface area contributed by atoms with Crippen molar-refractivity contribution in [2.24, 2.45) is 11.3 Å². The Morgan fingerprint density at radius 1 is 0.790 bits per heavy atom. The number of fused-ring (bicyclic) bond motifs is 1. The van der Waals surface area contributed by atoms with Gasteiger partial charge in [-0.1, -0.05) is 78.9 Å².